The average molecular weight is 260 g/mol. The van der Waals surface area contributed by atoms with Crippen LogP contribution in [0.3, 0.4) is 0 Å². The Labute approximate surface area is 100 Å². The fourth-order valence-corrected chi connectivity index (χ4v) is 1.95. The van der Waals surface area contributed by atoms with Gasteiger partial charge in [-0.05, 0) is 25.1 Å². The van der Waals surface area contributed by atoms with Gasteiger partial charge in [0.15, 0.2) is 0 Å². The molecule has 0 amide bonds. The van der Waals surface area contributed by atoms with Crippen LogP contribution in [0.4, 0.5) is 0 Å². The highest BCUT2D eigenvalue weighted by Crippen LogP contribution is 2.28. The van der Waals surface area contributed by atoms with Gasteiger partial charge in [0.25, 0.3) is 0 Å². The number of benzene rings is 1. The summed E-state index contributed by atoms with van der Waals surface area (Å²) in [7, 11) is -2.40. The lowest BCUT2D eigenvalue weighted by atomic mass is 10.0. The smallest absolute Gasteiger partial charge is 0.238 e. The van der Waals surface area contributed by atoms with Gasteiger partial charge < -0.3 is 15.6 Å². The number of methoxy groups -OCH3 is 1. The maximum absolute atomic E-state index is 11.2. The van der Waals surface area contributed by atoms with Crippen LogP contribution >= 0.6 is 0 Å². The van der Waals surface area contributed by atoms with Crippen molar-refractivity contribution < 1.29 is 18.3 Å². The van der Waals surface area contributed by atoms with Gasteiger partial charge in [-0.25, -0.2) is 13.6 Å². The minimum Gasteiger partial charge on any atom is -0.496 e. The third-order valence-corrected chi connectivity index (χ3v) is 3.26. The first-order valence-electron chi connectivity index (χ1n) is 4.91. The second kappa shape index (κ2) is 5.01. The zero-order valence-electron chi connectivity index (χ0n) is 9.62. The van der Waals surface area contributed by atoms with E-state index in [-0.39, 0.29) is 4.90 Å². The number of hydrogen-bond donors (Lipinski definition) is 3. The van der Waals surface area contributed by atoms with E-state index >= 15 is 0 Å². The third kappa shape index (κ3) is 3.16. The number of aliphatic hydroxyl groups excluding tert-OH is 1. The van der Waals surface area contributed by atoms with E-state index in [0.717, 1.165) is 0 Å². The van der Waals surface area contributed by atoms with Crippen LogP contribution in [0.25, 0.3) is 0 Å². The average Bonchev–Trinajstić information content (AvgIpc) is 2.25. The predicted molar refractivity (Wildman–Crippen MR) is 63.0 cm³/mol. The minimum atomic E-state index is -3.82. The number of primary sulfonamides is 1. The van der Waals surface area contributed by atoms with Crippen molar-refractivity contribution in [1.82, 2.24) is 0 Å². The molecule has 0 saturated heterocycles. The maximum Gasteiger partial charge on any atom is 0.238 e. The molecule has 0 aliphatic carbocycles. The summed E-state index contributed by atoms with van der Waals surface area (Å²) in [6.45, 7) is 1.60. The van der Waals surface area contributed by atoms with Gasteiger partial charge in [0.2, 0.25) is 10.0 Å². The summed E-state index contributed by atoms with van der Waals surface area (Å²) in [4.78, 5) is -0.0898. The van der Waals surface area contributed by atoms with Crippen molar-refractivity contribution in [2.24, 2.45) is 10.9 Å². The molecule has 0 radical (unpaired) electrons. The minimum absolute atomic E-state index is 0.0898. The molecule has 2 atom stereocenters. The van der Waals surface area contributed by atoms with E-state index in [1.54, 1.807) is 6.92 Å². The van der Waals surface area contributed by atoms with Crippen LogP contribution in [0, 0.1) is 0 Å². The molecule has 5 N–H and O–H groups in total. The van der Waals surface area contributed by atoms with Gasteiger partial charge in [-0.3, -0.25) is 0 Å². The first-order valence-corrected chi connectivity index (χ1v) is 6.46. The van der Waals surface area contributed by atoms with E-state index in [2.05, 4.69) is 0 Å². The Balaban J connectivity index is 3.35. The van der Waals surface area contributed by atoms with E-state index in [1.807, 2.05) is 0 Å². The van der Waals surface area contributed by atoms with E-state index in [1.165, 1.54) is 25.3 Å². The molecule has 0 spiro atoms. The molecule has 0 bridgehead atoms. The zero-order valence-corrected chi connectivity index (χ0v) is 10.4. The van der Waals surface area contributed by atoms with E-state index < -0.39 is 22.2 Å². The van der Waals surface area contributed by atoms with Crippen molar-refractivity contribution in [1.29, 1.82) is 0 Å². The molecule has 0 fully saturated rings. The standard InChI is InChI=1S/C10H16N2O4S/c1-6(11)10(13)8-5-7(17(12,14)15)3-4-9(8)16-2/h3-6,10,13H,11H2,1-2H3,(H2,12,14,15). The van der Waals surface area contributed by atoms with Crippen LogP contribution in [-0.4, -0.2) is 26.7 Å². The van der Waals surface area contributed by atoms with Gasteiger partial charge in [0.1, 0.15) is 5.75 Å². The molecule has 0 aromatic heterocycles. The van der Waals surface area contributed by atoms with Crippen molar-refractivity contribution >= 4 is 10.0 Å². The van der Waals surface area contributed by atoms with Crippen LogP contribution in [0.2, 0.25) is 0 Å². The fraction of sp³-hybridized carbons (Fsp3) is 0.400. The first-order chi connectivity index (χ1) is 7.77. The van der Waals surface area contributed by atoms with Crippen molar-refractivity contribution in [2.45, 2.75) is 24.0 Å². The highest BCUT2D eigenvalue weighted by atomic mass is 32.2. The highest BCUT2D eigenvalue weighted by molar-refractivity contribution is 7.89. The monoisotopic (exact) mass is 260 g/mol. The Hall–Kier alpha value is -1.15. The number of aliphatic hydroxyl groups is 1. The molecule has 1 aromatic carbocycles. The molecular formula is C10H16N2O4S. The van der Waals surface area contributed by atoms with Gasteiger partial charge in [-0.2, -0.15) is 0 Å². The molecule has 7 heteroatoms. The molecule has 2 unspecified atom stereocenters. The van der Waals surface area contributed by atoms with Crippen molar-refractivity contribution in [3.05, 3.63) is 23.8 Å². The molecule has 0 aliphatic heterocycles. The Morgan fingerprint density at radius 1 is 1.41 bits per heavy atom. The second-order valence-electron chi connectivity index (χ2n) is 3.75. The number of nitrogens with two attached hydrogens (primary N) is 2. The number of rotatable bonds is 4. The van der Waals surface area contributed by atoms with Crippen molar-refractivity contribution in [3.8, 4) is 5.75 Å². The molecule has 0 saturated carbocycles. The molecule has 0 heterocycles. The molecule has 6 nitrogen and oxygen atoms in total. The SMILES string of the molecule is COc1ccc(S(N)(=O)=O)cc1C(O)C(C)N. The summed E-state index contributed by atoms with van der Waals surface area (Å²) >= 11 is 0. The summed E-state index contributed by atoms with van der Waals surface area (Å²) in [6, 6.07) is 3.45. The van der Waals surface area contributed by atoms with E-state index in [9.17, 15) is 13.5 Å². The molecule has 1 aromatic rings. The van der Waals surface area contributed by atoms with Crippen molar-refractivity contribution in [2.75, 3.05) is 7.11 Å². The lowest BCUT2D eigenvalue weighted by Gasteiger charge is -2.18. The summed E-state index contributed by atoms with van der Waals surface area (Å²) in [5, 5.41) is 14.9. The molecule has 96 valence electrons. The lowest BCUT2D eigenvalue weighted by molar-refractivity contribution is 0.149. The Morgan fingerprint density at radius 3 is 2.41 bits per heavy atom. The van der Waals surface area contributed by atoms with Crippen LogP contribution in [0.5, 0.6) is 5.75 Å². The van der Waals surface area contributed by atoms with Gasteiger partial charge in [-0.15, -0.1) is 0 Å². The fourth-order valence-electron chi connectivity index (χ4n) is 1.40. The topological polar surface area (TPSA) is 116 Å². The van der Waals surface area contributed by atoms with E-state index in [4.69, 9.17) is 15.6 Å². The maximum atomic E-state index is 11.2. The molecule has 17 heavy (non-hydrogen) atoms. The van der Waals surface area contributed by atoms with Crippen LogP contribution in [0.15, 0.2) is 23.1 Å². The summed E-state index contributed by atoms with van der Waals surface area (Å²) in [5.41, 5.74) is 5.86. The van der Waals surface area contributed by atoms with Crippen LogP contribution < -0.4 is 15.6 Å². The van der Waals surface area contributed by atoms with Gasteiger partial charge in [0, 0.05) is 11.6 Å². The third-order valence-electron chi connectivity index (χ3n) is 2.35. The zero-order chi connectivity index (χ0) is 13.2. The van der Waals surface area contributed by atoms with Gasteiger partial charge in [-0.1, -0.05) is 0 Å². The lowest BCUT2D eigenvalue weighted by Crippen LogP contribution is -2.25. The largest absolute Gasteiger partial charge is 0.496 e. The van der Waals surface area contributed by atoms with Crippen LogP contribution in [-0.2, 0) is 10.0 Å². The first kappa shape index (κ1) is 13.9. The second-order valence-corrected chi connectivity index (χ2v) is 5.31. The summed E-state index contributed by atoms with van der Waals surface area (Å²) in [5.74, 6) is 0.363. The van der Waals surface area contributed by atoms with Gasteiger partial charge in [0.05, 0.1) is 18.1 Å². The highest BCUT2D eigenvalue weighted by Gasteiger charge is 2.20. The molecular weight excluding hydrogens is 244 g/mol. The number of ether oxygens (including phenoxy) is 1. The number of hydrogen-bond acceptors (Lipinski definition) is 5. The Kier molecular flexibility index (Phi) is 4.10. The summed E-state index contributed by atoms with van der Waals surface area (Å²) < 4.78 is 27.4. The van der Waals surface area contributed by atoms with Crippen LogP contribution in [0.1, 0.15) is 18.6 Å². The Morgan fingerprint density at radius 2 is 2.00 bits per heavy atom. The predicted octanol–water partition coefficient (Wildman–Crippen LogP) is -0.277. The van der Waals surface area contributed by atoms with Gasteiger partial charge >= 0.3 is 0 Å². The quantitative estimate of drug-likeness (QED) is 0.688. The van der Waals surface area contributed by atoms with Crippen molar-refractivity contribution in [3.63, 3.8) is 0 Å². The normalized spacial score (nSPS) is 15.4. The summed E-state index contributed by atoms with van der Waals surface area (Å²) in [6.07, 6.45) is -1.02. The molecule has 0 aliphatic rings. The Bertz CT molecular complexity index is 499. The number of sulfonamides is 1. The molecule has 1 rings (SSSR count). The van der Waals surface area contributed by atoms with E-state index in [0.29, 0.717) is 11.3 Å².